The first-order valence-electron chi connectivity index (χ1n) is 9.97. The Morgan fingerprint density at radius 1 is 1.27 bits per heavy atom. The Morgan fingerprint density at radius 3 is 2.77 bits per heavy atom. The predicted octanol–water partition coefficient (Wildman–Crippen LogP) is 3.72. The van der Waals surface area contributed by atoms with E-state index in [1.165, 1.54) is 19.4 Å². The molecule has 0 saturated carbocycles. The molecule has 1 saturated heterocycles. The lowest BCUT2D eigenvalue weighted by Crippen LogP contribution is -2.43. The molecule has 1 aromatic rings. The van der Waals surface area contributed by atoms with E-state index in [1.807, 2.05) is 19.1 Å². The average Bonchev–Trinajstić information content (AvgIpc) is 2.65. The molecule has 1 amide bonds. The summed E-state index contributed by atoms with van der Waals surface area (Å²) in [6.45, 7) is 12.6. The monoisotopic (exact) mass is 362 g/mol. The maximum absolute atomic E-state index is 12.6. The Morgan fingerprint density at radius 2 is 2.08 bits per heavy atom. The molecule has 0 aromatic heterocycles. The maximum atomic E-state index is 12.6. The number of nitrogens with one attached hydrogen (secondary N) is 1. The van der Waals surface area contributed by atoms with Crippen molar-refractivity contribution in [2.24, 2.45) is 5.92 Å². The highest BCUT2D eigenvalue weighted by atomic mass is 16.5. The van der Waals surface area contributed by atoms with E-state index in [0.29, 0.717) is 42.2 Å². The zero-order valence-electron chi connectivity index (χ0n) is 16.7. The van der Waals surface area contributed by atoms with Crippen LogP contribution in [0.3, 0.4) is 0 Å². The molecule has 0 bridgehead atoms. The average molecular weight is 363 g/mol. The summed E-state index contributed by atoms with van der Waals surface area (Å²) < 4.78 is 11.3. The zero-order chi connectivity index (χ0) is 18.9. The van der Waals surface area contributed by atoms with Crippen LogP contribution < -0.4 is 14.8 Å². The number of nitrogens with zero attached hydrogens (tertiary/aromatic N) is 1. The van der Waals surface area contributed by atoms with E-state index < -0.39 is 0 Å². The lowest BCUT2D eigenvalue weighted by Gasteiger charge is -2.35. The lowest BCUT2D eigenvalue weighted by atomic mass is 9.97. The predicted molar refractivity (Wildman–Crippen MR) is 105 cm³/mol. The van der Waals surface area contributed by atoms with Gasteiger partial charge in [-0.15, -0.1) is 0 Å². The normalized spacial score (nSPS) is 18.0. The number of hydrogen-bond donors (Lipinski definition) is 1. The van der Waals surface area contributed by atoms with Gasteiger partial charge in [0.15, 0.2) is 11.5 Å². The van der Waals surface area contributed by atoms with Crippen LogP contribution >= 0.6 is 0 Å². The second-order valence-electron chi connectivity index (χ2n) is 7.25. The first-order valence-corrected chi connectivity index (χ1v) is 9.97. The number of carbonyl (C=O) groups is 1. The number of benzene rings is 1. The Hall–Kier alpha value is -1.75. The van der Waals surface area contributed by atoms with Crippen molar-refractivity contribution in [2.45, 2.75) is 53.0 Å². The molecule has 146 valence electrons. The molecule has 0 spiro atoms. The van der Waals surface area contributed by atoms with Crippen LogP contribution in [0.2, 0.25) is 0 Å². The molecule has 1 N–H and O–H groups in total. The molecular weight excluding hydrogens is 328 g/mol. The Balaban J connectivity index is 1.94. The van der Waals surface area contributed by atoms with E-state index in [4.69, 9.17) is 9.47 Å². The van der Waals surface area contributed by atoms with Crippen LogP contribution in [0.4, 0.5) is 0 Å². The van der Waals surface area contributed by atoms with E-state index in [0.717, 1.165) is 19.5 Å². The summed E-state index contributed by atoms with van der Waals surface area (Å²) in [5, 5.41) is 3.10. The standard InChI is InChI=1S/C21H34N2O3/c1-5-12-26-19-10-9-18(13-20(19)25-6-2)21(24)22-14-17-8-7-11-23(15-17)16(3)4/h9-10,13,16-17H,5-8,11-12,14-15H2,1-4H3,(H,22,24). The fraction of sp³-hybridized carbons (Fsp3) is 0.667. The van der Waals surface area contributed by atoms with Crippen LogP contribution in [0.1, 0.15) is 57.3 Å². The van der Waals surface area contributed by atoms with Gasteiger partial charge < -0.3 is 19.7 Å². The van der Waals surface area contributed by atoms with Gasteiger partial charge in [-0.2, -0.15) is 0 Å². The third-order valence-electron chi connectivity index (χ3n) is 4.80. The van der Waals surface area contributed by atoms with Crippen molar-refractivity contribution >= 4 is 5.91 Å². The van der Waals surface area contributed by atoms with Crippen molar-refractivity contribution in [1.82, 2.24) is 10.2 Å². The minimum Gasteiger partial charge on any atom is -0.490 e. The molecule has 0 aliphatic carbocycles. The number of amides is 1. The van der Waals surface area contributed by atoms with Crippen LogP contribution in [0.25, 0.3) is 0 Å². The van der Waals surface area contributed by atoms with Crippen LogP contribution in [-0.4, -0.2) is 49.7 Å². The number of carbonyl (C=O) groups excluding carboxylic acids is 1. The molecule has 1 aliphatic rings. The number of ether oxygens (including phenoxy) is 2. The Kier molecular flexibility index (Phi) is 8.23. The highest BCUT2D eigenvalue weighted by Crippen LogP contribution is 2.28. The summed E-state index contributed by atoms with van der Waals surface area (Å²) >= 11 is 0. The largest absolute Gasteiger partial charge is 0.490 e. The molecule has 1 fully saturated rings. The molecule has 1 aromatic carbocycles. The highest BCUT2D eigenvalue weighted by Gasteiger charge is 2.22. The van der Waals surface area contributed by atoms with Crippen LogP contribution in [0, 0.1) is 5.92 Å². The third-order valence-corrected chi connectivity index (χ3v) is 4.80. The fourth-order valence-corrected chi connectivity index (χ4v) is 3.32. The second kappa shape index (κ2) is 10.4. The van der Waals surface area contributed by atoms with Gasteiger partial charge >= 0.3 is 0 Å². The van der Waals surface area contributed by atoms with Crippen molar-refractivity contribution in [1.29, 1.82) is 0 Å². The molecule has 26 heavy (non-hydrogen) atoms. The maximum Gasteiger partial charge on any atom is 0.251 e. The number of piperidine rings is 1. The smallest absolute Gasteiger partial charge is 0.251 e. The van der Waals surface area contributed by atoms with E-state index in [1.54, 1.807) is 6.07 Å². The topological polar surface area (TPSA) is 50.8 Å². The summed E-state index contributed by atoms with van der Waals surface area (Å²) in [4.78, 5) is 15.1. The van der Waals surface area contributed by atoms with Crippen LogP contribution in [0.15, 0.2) is 18.2 Å². The van der Waals surface area contributed by atoms with Gasteiger partial charge in [0, 0.05) is 24.7 Å². The van der Waals surface area contributed by atoms with Gasteiger partial charge in [-0.05, 0) is 70.7 Å². The molecule has 1 aliphatic heterocycles. The van der Waals surface area contributed by atoms with Gasteiger partial charge in [-0.3, -0.25) is 4.79 Å². The Labute approximate surface area is 158 Å². The summed E-state index contributed by atoms with van der Waals surface area (Å²) in [6.07, 6.45) is 3.32. The SMILES string of the molecule is CCCOc1ccc(C(=O)NCC2CCCN(C(C)C)C2)cc1OCC. The fourth-order valence-electron chi connectivity index (χ4n) is 3.32. The van der Waals surface area contributed by atoms with Crippen LogP contribution in [-0.2, 0) is 0 Å². The number of likely N-dealkylation sites (tertiary alicyclic amines) is 1. The lowest BCUT2D eigenvalue weighted by molar-refractivity contribution is 0.0922. The second-order valence-corrected chi connectivity index (χ2v) is 7.25. The molecule has 1 heterocycles. The number of hydrogen-bond acceptors (Lipinski definition) is 4. The summed E-state index contributed by atoms with van der Waals surface area (Å²) in [7, 11) is 0. The van der Waals surface area contributed by atoms with Crippen LogP contribution in [0.5, 0.6) is 11.5 Å². The minimum atomic E-state index is -0.0466. The molecule has 0 radical (unpaired) electrons. The van der Waals surface area contributed by atoms with Gasteiger partial charge in [0.05, 0.1) is 13.2 Å². The van der Waals surface area contributed by atoms with Gasteiger partial charge in [0.2, 0.25) is 0 Å². The van der Waals surface area contributed by atoms with E-state index in [-0.39, 0.29) is 5.91 Å². The van der Waals surface area contributed by atoms with E-state index in [9.17, 15) is 4.79 Å². The van der Waals surface area contributed by atoms with E-state index >= 15 is 0 Å². The van der Waals surface area contributed by atoms with Crippen molar-refractivity contribution < 1.29 is 14.3 Å². The first kappa shape index (κ1) is 20.6. The van der Waals surface area contributed by atoms with Crippen molar-refractivity contribution in [3.05, 3.63) is 23.8 Å². The first-order chi connectivity index (χ1) is 12.5. The van der Waals surface area contributed by atoms with Crippen molar-refractivity contribution in [3.8, 4) is 11.5 Å². The minimum absolute atomic E-state index is 0.0466. The van der Waals surface area contributed by atoms with Crippen molar-refractivity contribution in [3.63, 3.8) is 0 Å². The van der Waals surface area contributed by atoms with E-state index in [2.05, 4.69) is 31.0 Å². The highest BCUT2D eigenvalue weighted by molar-refractivity contribution is 5.94. The quantitative estimate of drug-likeness (QED) is 0.727. The third kappa shape index (κ3) is 5.90. The molecule has 2 rings (SSSR count). The van der Waals surface area contributed by atoms with Crippen molar-refractivity contribution in [2.75, 3.05) is 32.8 Å². The molecule has 5 nitrogen and oxygen atoms in total. The molecule has 5 heteroatoms. The summed E-state index contributed by atoms with van der Waals surface area (Å²) in [5.74, 6) is 1.81. The summed E-state index contributed by atoms with van der Waals surface area (Å²) in [6, 6.07) is 5.99. The molecular formula is C21H34N2O3. The van der Waals surface area contributed by atoms with Gasteiger partial charge in [0.1, 0.15) is 0 Å². The zero-order valence-corrected chi connectivity index (χ0v) is 16.7. The molecule has 1 unspecified atom stereocenters. The van der Waals surface area contributed by atoms with Gasteiger partial charge in [-0.1, -0.05) is 6.92 Å². The number of rotatable bonds is 9. The van der Waals surface area contributed by atoms with Gasteiger partial charge in [-0.25, -0.2) is 0 Å². The molecule has 1 atom stereocenters. The Bertz CT molecular complexity index is 574. The van der Waals surface area contributed by atoms with Gasteiger partial charge in [0.25, 0.3) is 5.91 Å². The summed E-state index contributed by atoms with van der Waals surface area (Å²) in [5.41, 5.74) is 0.619.